The maximum atomic E-state index is 11.1. The van der Waals surface area contributed by atoms with Gasteiger partial charge in [-0.25, -0.2) is 0 Å². The van der Waals surface area contributed by atoms with Crippen molar-refractivity contribution in [2.24, 2.45) is 17.1 Å². The predicted molar refractivity (Wildman–Crippen MR) is 71.8 cm³/mol. The molecule has 0 saturated heterocycles. The zero-order chi connectivity index (χ0) is 12.4. The van der Waals surface area contributed by atoms with Gasteiger partial charge in [-0.3, -0.25) is 0 Å². The van der Waals surface area contributed by atoms with Gasteiger partial charge in [0, 0.05) is 12.0 Å². The van der Waals surface area contributed by atoms with Crippen LogP contribution in [0.2, 0.25) is 0 Å². The second-order valence-electron chi connectivity index (χ2n) is 6.45. The molecule has 0 aromatic heterocycles. The molecule has 2 heteroatoms. The molecule has 2 unspecified atom stereocenters. The Morgan fingerprint density at radius 1 is 1.12 bits per heavy atom. The minimum atomic E-state index is -0.456. The third-order valence-corrected chi connectivity index (χ3v) is 5.60. The standard InChI is InChI=1S/C15H29NO/c1-2-13-7-10-14(11-13,12-16)15(17)8-5-3-4-6-9-15/h13,17H,2-12,16H2,1H3. The molecule has 100 valence electrons. The second kappa shape index (κ2) is 5.27. The Hall–Kier alpha value is -0.0800. The van der Waals surface area contributed by atoms with E-state index in [0.717, 1.165) is 31.6 Å². The summed E-state index contributed by atoms with van der Waals surface area (Å²) in [6, 6.07) is 0. The Balaban J connectivity index is 2.15. The average molecular weight is 239 g/mol. The number of rotatable bonds is 3. The molecular formula is C15H29NO. The van der Waals surface area contributed by atoms with Crippen LogP contribution in [0.4, 0.5) is 0 Å². The van der Waals surface area contributed by atoms with Crippen molar-refractivity contribution in [3.8, 4) is 0 Å². The zero-order valence-corrected chi connectivity index (χ0v) is 11.4. The van der Waals surface area contributed by atoms with E-state index in [1.54, 1.807) is 0 Å². The van der Waals surface area contributed by atoms with Gasteiger partial charge < -0.3 is 10.8 Å². The molecule has 0 heterocycles. The third kappa shape index (κ3) is 2.39. The van der Waals surface area contributed by atoms with Crippen LogP contribution in [0.3, 0.4) is 0 Å². The van der Waals surface area contributed by atoms with Gasteiger partial charge in [0.25, 0.3) is 0 Å². The highest BCUT2D eigenvalue weighted by molar-refractivity contribution is 5.04. The molecule has 0 bridgehead atoms. The molecule has 0 aromatic carbocycles. The van der Waals surface area contributed by atoms with Crippen molar-refractivity contribution in [2.75, 3.05) is 6.54 Å². The van der Waals surface area contributed by atoms with Crippen molar-refractivity contribution in [2.45, 2.75) is 76.7 Å². The Labute approximate surface area is 106 Å². The van der Waals surface area contributed by atoms with Crippen LogP contribution in [-0.2, 0) is 0 Å². The van der Waals surface area contributed by atoms with E-state index in [2.05, 4.69) is 6.92 Å². The second-order valence-corrected chi connectivity index (χ2v) is 6.45. The Morgan fingerprint density at radius 3 is 2.24 bits per heavy atom. The van der Waals surface area contributed by atoms with Crippen LogP contribution in [0, 0.1) is 11.3 Å². The summed E-state index contributed by atoms with van der Waals surface area (Å²) >= 11 is 0. The van der Waals surface area contributed by atoms with Crippen LogP contribution in [-0.4, -0.2) is 17.3 Å². The van der Waals surface area contributed by atoms with Crippen LogP contribution in [0.25, 0.3) is 0 Å². The zero-order valence-electron chi connectivity index (χ0n) is 11.4. The van der Waals surface area contributed by atoms with E-state index < -0.39 is 5.60 Å². The van der Waals surface area contributed by atoms with Gasteiger partial charge in [-0.15, -0.1) is 0 Å². The first-order valence-electron chi connectivity index (χ1n) is 7.58. The highest BCUT2D eigenvalue weighted by Gasteiger charge is 2.52. The molecule has 2 atom stereocenters. The highest BCUT2D eigenvalue weighted by atomic mass is 16.3. The maximum Gasteiger partial charge on any atom is 0.0715 e. The van der Waals surface area contributed by atoms with Crippen molar-refractivity contribution in [3.63, 3.8) is 0 Å². The summed E-state index contributed by atoms with van der Waals surface area (Å²) in [6.45, 7) is 2.95. The summed E-state index contributed by atoms with van der Waals surface area (Å²) in [5.74, 6) is 0.797. The quantitative estimate of drug-likeness (QED) is 0.743. The van der Waals surface area contributed by atoms with Crippen LogP contribution in [0.15, 0.2) is 0 Å². The number of hydrogen-bond acceptors (Lipinski definition) is 2. The van der Waals surface area contributed by atoms with E-state index in [1.165, 1.54) is 38.5 Å². The Morgan fingerprint density at radius 2 is 1.76 bits per heavy atom. The number of nitrogens with two attached hydrogens (primary N) is 1. The van der Waals surface area contributed by atoms with Crippen molar-refractivity contribution < 1.29 is 5.11 Å². The summed E-state index contributed by atoms with van der Waals surface area (Å²) in [4.78, 5) is 0. The fourth-order valence-corrected chi connectivity index (χ4v) is 4.23. The van der Waals surface area contributed by atoms with E-state index in [9.17, 15) is 5.11 Å². The SMILES string of the molecule is CCC1CCC(CN)(C2(O)CCCCCC2)C1. The van der Waals surface area contributed by atoms with Gasteiger partial charge in [-0.05, 0) is 38.0 Å². The van der Waals surface area contributed by atoms with Gasteiger partial charge in [0.05, 0.1) is 5.60 Å². The lowest BCUT2D eigenvalue weighted by Crippen LogP contribution is -2.51. The lowest BCUT2D eigenvalue weighted by molar-refractivity contribution is -0.0910. The smallest absolute Gasteiger partial charge is 0.0715 e. The Kier molecular flexibility index (Phi) is 4.14. The molecule has 0 radical (unpaired) electrons. The van der Waals surface area contributed by atoms with Crippen LogP contribution >= 0.6 is 0 Å². The van der Waals surface area contributed by atoms with Gasteiger partial charge in [0.2, 0.25) is 0 Å². The van der Waals surface area contributed by atoms with E-state index >= 15 is 0 Å². The summed E-state index contributed by atoms with van der Waals surface area (Å²) in [5.41, 5.74) is 5.68. The molecule has 2 aliphatic carbocycles. The predicted octanol–water partition coefficient (Wildman–Crippen LogP) is 3.23. The van der Waals surface area contributed by atoms with Crippen LogP contribution in [0.1, 0.15) is 71.1 Å². The molecular weight excluding hydrogens is 210 g/mol. The molecule has 0 aromatic rings. The molecule has 2 saturated carbocycles. The summed E-state index contributed by atoms with van der Waals surface area (Å²) < 4.78 is 0. The van der Waals surface area contributed by atoms with Gasteiger partial charge in [-0.2, -0.15) is 0 Å². The molecule has 17 heavy (non-hydrogen) atoms. The molecule has 2 fully saturated rings. The van der Waals surface area contributed by atoms with Gasteiger partial charge >= 0.3 is 0 Å². The van der Waals surface area contributed by atoms with E-state index in [1.807, 2.05) is 0 Å². The molecule has 0 aliphatic heterocycles. The lowest BCUT2D eigenvalue weighted by Gasteiger charge is -2.45. The van der Waals surface area contributed by atoms with Crippen molar-refractivity contribution in [1.82, 2.24) is 0 Å². The molecule has 2 rings (SSSR count). The van der Waals surface area contributed by atoms with Crippen molar-refractivity contribution in [3.05, 3.63) is 0 Å². The normalized spacial score (nSPS) is 37.9. The minimum Gasteiger partial charge on any atom is -0.389 e. The summed E-state index contributed by atoms with van der Waals surface area (Å²) in [6.07, 6.45) is 11.8. The average Bonchev–Trinajstić information content (AvgIpc) is 2.67. The van der Waals surface area contributed by atoms with Crippen LogP contribution in [0.5, 0.6) is 0 Å². The highest BCUT2D eigenvalue weighted by Crippen LogP contribution is 2.53. The van der Waals surface area contributed by atoms with E-state index in [-0.39, 0.29) is 5.41 Å². The number of aliphatic hydroxyl groups is 1. The lowest BCUT2D eigenvalue weighted by atomic mass is 9.66. The Bertz CT molecular complexity index is 245. The molecule has 2 nitrogen and oxygen atoms in total. The molecule has 0 spiro atoms. The van der Waals surface area contributed by atoms with Crippen molar-refractivity contribution in [1.29, 1.82) is 0 Å². The third-order valence-electron chi connectivity index (χ3n) is 5.60. The van der Waals surface area contributed by atoms with Gasteiger partial charge in [0.1, 0.15) is 0 Å². The van der Waals surface area contributed by atoms with Crippen LogP contribution < -0.4 is 5.73 Å². The van der Waals surface area contributed by atoms with E-state index in [0.29, 0.717) is 6.54 Å². The molecule has 2 aliphatic rings. The topological polar surface area (TPSA) is 46.2 Å². The maximum absolute atomic E-state index is 11.1. The van der Waals surface area contributed by atoms with Crippen molar-refractivity contribution >= 4 is 0 Å². The van der Waals surface area contributed by atoms with E-state index in [4.69, 9.17) is 5.73 Å². The van der Waals surface area contributed by atoms with Gasteiger partial charge in [-0.1, -0.05) is 39.0 Å². The molecule has 3 N–H and O–H groups in total. The van der Waals surface area contributed by atoms with Gasteiger partial charge in [0.15, 0.2) is 0 Å². The first-order valence-corrected chi connectivity index (χ1v) is 7.58. The fourth-order valence-electron chi connectivity index (χ4n) is 4.23. The summed E-state index contributed by atoms with van der Waals surface area (Å²) in [7, 11) is 0. The largest absolute Gasteiger partial charge is 0.389 e. The minimum absolute atomic E-state index is 0.0397. The first kappa shape index (κ1) is 13.4. The first-order chi connectivity index (χ1) is 8.16. The molecule has 0 amide bonds. The number of hydrogen-bond donors (Lipinski definition) is 2. The monoisotopic (exact) mass is 239 g/mol. The summed E-state index contributed by atoms with van der Waals surface area (Å²) in [5, 5.41) is 11.1. The fraction of sp³-hybridized carbons (Fsp3) is 1.00.